The van der Waals surface area contributed by atoms with Crippen LogP contribution in [0.2, 0.25) is 0 Å². The second-order valence-electron chi connectivity index (χ2n) is 4.13. The van der Waals surface area contributed by atoms with Crippen LogP contribution in [0.3, 0.4) is 0 Å². The monoisotopic (exact) mass is 242 g/mol. The van der Waals surface area contributed by atoms with E-state index in [2.05, 4.69) is 15.3 Å². The number of rotatable bonds is 2. The maximum absolute atomic E-state index is 12.3. The van der Waals surface area contributed by atoms with Crippen LogP contribution in [0.25, 0.3) is 11.3 Å². The Morgan fingerprint density at radius 2 is 1.83 bits per heavy atom. The molecule has 0 unspecified atom stereocenters. The van der Waals surface area contributed by atoms with Crippen molar-refractivity contribution in [1.82, 2.24) is 14.9 Å². The maximum atomic E-state index is 12.3. The van der Waals surface area contributed by atoms with Crippen molar-refractivity contribution in [3.05, 3.63) is 46.5 Å². The fraction of sp³-hybridized carbons (Fsp3) is 0.231. The molecular weight excluding hydrogens is 228 g/mol. The van der Waals surface area contributed by atoms with Crippen LogP contribution in [0.4, 0.5) is 0 Å². The van der Waals surface area contributed by atoms with Crippen molar-refractivity contribution in [1.29, 1.82) is 0 Å². The van der Waals surface area contributed by atoms with Gasteiger partial charge in [0.1, 0.15) is 0 Å². The summed E-state index contributed by atoms with van der Waals surface area (Å²) in [5.74, 6) is 0.473. The van der Waals surface area contributed by atoms with Crippen LogP contribution in [0.1, 0.15) is 19.7 Å². The summed E-state index contributed by atoms with van der Waals surface area (Å²) in [6.45, 7) is 5.36. The molecule has 18 heavy (non-hydrogen) atoms. The topological polar surface area (TPSA) is 60.1 Å². The van der Waals surface area contributed by atoms with Gasteiger partial charge in [0.25, 0.3) is 0 Å². The van der Waals surface area contributed by atoms with Crippen molar-refractivity contribution >= 4 is 5.71 Å². The molecule has 5 heteroatoms. The molecular formula is C13H14N4O. The largest absolute Gasteiger partial charge is 0.301 e. The van der Waals surface area contributed by atoms with E-state index in [-0.39, 0.29) is 5.56 Å². The zero-order chi connectivity index (χ0) is 13.1. The van der Waals surface area contributed by atoms with Gasteiger partial charge >= 0.3 is 5.56 Å². The van der Waals surface area contributed by atoms with Gasteiger partial charge in [0.05, 0.1) is 0 Å². The van der Waals surface area contributed by atoms with E-state index < -0.39 is 0 Å². The minimum absolute atomic E-state index is 0.255. The van der Waals surface area contributed by atoms with E-state index in [1.165, 1.54) is 4.68 Å². The van der Waals surface area contributed by atoms with Crippen molar-refractivity contribution in [3.8, 4) is 11.3 Å². The number of benzene rings is 1. The number of aromatic nitrogens is 3. The maximum Gasteiger partial charge on any atom is 0.301 e. The van der Waals surface area contributed by atoms with E-state index in [0.717, 1.165) is 11.3 Å². The van der Waals surface area contributed by atoms with Crippen molar-refractivity contribution in [3.63, 3.8) is 0 Å². The van der Waals surface area contributed by atoms with Gasteiger partial charge in [-0.2, -0.15) is 9.78 Å². The van der Waals surface area contributed by atoms with Crippen LogP contribution in [0.5, 0.6) is 0 Å². The molecule has 0 fully saturated rings. The third kappa shape index (κ3) is 2.34. The summed E-state index contributed by atoms with van der Waals surface area (Å²) in [5, 5.41) is 12.1. The minimum Gasteiger partial charge on any atom is -0.265 e. The van der Waals surface area contributed by atoms with Gasteiger partial charge in [-0.1, -0.05) is 30.3 Å². The van der Waals surface area contributed by atoms with Gasteiger partial charge in [0.15, 0.2) is 11.5 Å². The molecule has 0 saturated heterocycles. The Kier molecular flexibility index (Phi) is 3.32. The average Bonchev–Trinajstić information content (AvgIpc) is 2.35. The molecule has 92 valence electrons. The highest BCUT2D eigenvalue weighted by atomic mass is 16.1. The van der Waals surface area contributed by atoms with Crippen molar-refractivity contribution < 1.29 is 0 Å². The predicted octanol–water partition coefficient (Wildman–Crippen LogP) is 1.86. The van der Waals surface area contributed by atoms with E-state index >= 15 is 0 Å². The Labute approximate surface area is 105 Å². The summed E-state index contributed by atoms with van der Waals surface area (Å²) in [4.78, 5) is 12.3. The summed E-state index contributed by atoms with van der Waals surface area (Å²) in [5.41, 5.74) is 1.58. The first-order valence-electron chi connectivity index (χ1n) is 5.63. The molecule has 0 aliphatic carbocycles. The third-order valence-electron chi connectivity index (χ3n) is 2.34. The summed E-state index contributed by atoms with van der Waals surface area (Å²) in [6, 6.07) is 9.25. The molecule has 2 rings (SSSR count). The van der Waals surface area contributed by atoms with Gasteiger partial charge in [-0.3, -0.25) is 4.79 Å². The molecule has 5 nitrogen and oxygen atoms in total. The van der Waals surface area contributed by atoms with Crippen molar-refractivity contribution in [2.75, 3.05) is 0 Å². The molecule has 2 aromatic rings. The fourth-order valence-corrected chi connectivity index (χ4v) is 1.55. The molecule has 0 aliphatic heterocycles. The lowest BCUT2D eigenvalue weighted by Crippen LogP contribution is -2.24. The van der Waals surface area contributed by atoms with Crippen molar-refractivity contribution in [2.45, 2.75) is 20.8 Å². The number of hydrogen-bond acceptors (Lipinski definition) is 4. The van der Waals surface area contributed by atoms with E-state index in [4.69, 9.17) is 0 Å². The van der Waals surface area contributed by atoms with Gasteiger partial charge in [-0.25, -0.2) is 0 Å². The van der Waals surface area contributed by atoms with Crippen LogP contribution in [0.15, 0.2) is 40.2 Å². The summed E-state index contributed by atoms with van der Waals surface area (Å²) in [7, 11) is 0. The Morgan fingerprint density at radius 1 is 1.17 bits per heavy atom. The van der Waals surface area contributed by atoms with E-state index in [9.17, 15) is 4.79 Å². The first kappa shape index (κ1) is 12.2. The third-order valence-corrected chi connectivity index (χ3v) is 2.34. The van der Waals surface area contributed by atoms with Gasteiger partial charge in [-0.15, -0.1) is 10.2 Å². The van der Waals surface area contributed by atoms with Gasteiger partial charge < -0.3 is 0 Å². The van der Waals surface area contributed by atoms with Gasteiger partial charge in [0.2, 0.25) is 0 Å². The molecule has 0 saturated carbocycles. The molecule has 0 atom stereocenters. The normalized spacial score (nSPS) is 10.2. The molecule has 0 N–H and O–H groups in total. The Hall–Kier alpha value is -2.30. The molecule has 0 aliphatic rings. The number of nitrogens with zero attached hydrogens (tertiary/aromatic N) is 4. The summed E-state index contributed by atoms with van der Waals surface area (Å²) in [6.07, 6.45) is 0. The van der Waals surface area contributed by atoms with Crippen molar-refractivity contribution in [2.24, 2.45) is 5.10 Å². The molecule has 0 amide bonds. The van der Waals surface area contributed by atoms with Crippen LogP contribution in [-0.4, -0.2) is 20.6 Å². The Balaban J connectivity index is 2.66. The second kappa shape index (κ2) is 4.91. The number of hydrogen-bond donors (Lipinski definition) is 0. The highest BCUT2D eigenvalue weighted by molar-refractivity contribution is 5.78. The van der Waals surface area contributed by atoms with Crippen LogP contribution >= 0.6 is 0 Å². The molecule has 1 heterocycles. The quantitative estimate of drug-likeness (QED) is 0.755. The second-order valence-corrected chi connectivity index (χ2v) is 4.13. The smallest absolute Gasteiger partial charge is 0.265 e. The standard InChI is InChI=1S/C13H14N4O/c1-9(2)16-17-10(3)14-15-12(13(17)18)11-7-5-4-6-8-11/h4-8H,1-3H3. The first-order chi connectivity index (χ1) is 8.59. The van der Waals surface area contributed by atoms with E-state index in [1.54, 1.807) is 6.92 Å². The summed E-state index contributed by atoms with van der Waals surface area (Å²) >= 11 is 0. The SMILES string of the molecule is CC(C)=Nn1c(C)nnc(-c2ccccc2)c1=O. The zero-order valence-electron chi connectivity index (χ0n) is 10.6. The molecule has 0 bridgehead atoms. The minimum atomic E-state index is -0.255. The lowest BCUT2D eigenvalue weighted by atomic mass is 10.2. The first-order valence-corrected chi connectivity index (χ1v) is 5.63. The zero-order valence-corrected chi connectivity index (χ0v) is 10.6. The average molecular weight is 242 g/mol. The fourth-order valence-electron chi connectivity index (χ4n) is 1.55. The molecule has 0 spiro atoms. The molecule has 1 aromatic heterocycles. The van der Waals surface area contributed by atoms with Crippen LogP contribution in [0, 0.1) is 6.92 Å². The Bertz CT molecular complexity index is 640. The molecule has 0 radical (unpaired) electrons. The Morgan fingerprint density at radius 3 is 2.44 bits per heavy atom. The van der Waals surface area contributed by atoms with Gasteiger partial charge in [0, 0.05) is 11.3 Å². The lowest BCUT2D eigenvalue weighted by Gasteiger charge is -2.05. The number of aryl methyl sites for hydroxylation is 1. The van der Waals surface area contributed by atoms with E-state index in [0.29, 0.717) is 11.5 Å². The highest BCUT2D eigenvalue weighted by Crippen LogP contribution is 2.11. The van der Waals surface area contributed by atoms with E-state index in [1.807, 2.05) is 44.2 Å². The van der Waals surface area contributed by atoms with Gasteiger partial charge in [-0.05, 0) is 20.8 Å². The molecule has 1 aromatic carbocycles. The van der Waals surface area contributed by atoms with Crippen LogP contribution in [-0.2, 0) is 0 Å². The highest BCUT2D eigenvalue weighted by Gasteiger charge is 2.10. The predicted molar refractivity (Wildman–Crippen MR) is 70.6 cm³/mol. The summed E-state index contributed by atoms with van der Waals surface area (Å²) < 4.78 is 1.28. The lowest BCUT2D eigenvalue weighted by molar-refractivity contribution is 0.713. The van der Waals surface area contributed by atoms with Crippen LogP contribution < -0.4 is 5.56 Å².